The van der Waals surface area contributed by atoms with Gasteiger partial charge in [-0.15, -0.1) is 21.5 Å². The van der Waals surface area contributed by atoms with Crippen molar-refractivity contribution in [1.82, 2.24) is 24.6 Å². The van der Waals surface area contributed by atoms with Crippen LogP contribution in [0.15, 0.2) is 75.8 Å². The number of furan rings is 1. The molecule has 0 aliphatic carbocycles. The summed E-state index contributed by atoms with van der Waals surface area (Å²) < 4.78 is 12.7. The smallest absolute Gasteiger partial charge is 0.273 e. The molecule has 0 saturated carbocycles. The number of nitrogens with zero attached hydrogens (tertiary/aromatic N) is 6. The first kappa shape index (κ1) is 27.6. The molecule has 1 fully saturated rings. The minimum Gasteiger partial charge on any atom is -0.497 e. The van der Waals surface area contributed by atoms with Gasteiger partial charge in [-0.3, -0.25) is 9.36 Å². The summed E-state index contributed by atoms with van der Waals surface area (Å²) >= 11 is 15.4. The molecule has 2 aromatic carbocycles. The van der Waals surface area contributed by atoms with E-state index in [4.69, 9.17) is 32.4 Å². The zero-order valence-electron chi connectivity index (χ0n) is 21.9. The number of carbonyl (C=O) groups is 1. The van der Waals surface area contributed by atoms with Crippen molar-refractivity contribution in [2.45, 2.75) is 10.9 Å². The number of benzene rings is 2. The number of thioether (sulfide) groups is 1. The summed E-state index contributed by atoms with van der Waals surface area (Å²) in [5, 5.41) is 12.9. The van der Waals surface area contributed by atoms with Gasteiger partial charge in [0.2, 0.25) is 5.82 Å². The maximum Gasteiger partial charge on any atom is 0.273 e. The van der Waals surface area contributed by atoms with E-state index in [1.165, 1.54) is 23.1 Å². The van der Waals surface area contributed by atoms with Crippen molar-refractivity contribution in [3.63, 3.8) is 0 Å². The van der Waals surface area contributed by atoms with Gasteiger partial charge in [0.15, 0.2) is 10.9 Å². The van der Waals surface area contributed by atoms with Crippen LogP contribution < -0.4 is 9.64 Å². The number of amides is 1. The SMILES string of the molecule is COc1ccc(N2CCN(C(=O)c3csc(CSc4nnc(-c5ccco5)n4-c4ccc(Cl)c(Cl)c4)n3)CC2)cc1. The van der Waals surface area contributed by atoms with Gasteiger partial charge in [0.25, 0.3) is 5.91 Å². The fraction of sp³-hybridized carbons (Fsp3) is 0.214. The van der Waals surface area contributed by atoms with Crippen LogP contribution in [0.3, 0.4) is 0 Å². The predicted octanol–water partition coefficient (Wildman–Crippen LogP) is 6.55. The largest absolute Gasteiger partial charge is 0.497 e. The van der Waals surface area contributed by atoms with Crippen molar-refractivity contribution < 1.29 is 13.9 Å². The number of thiazole rings is 1. The topological polar surface area (TPSA) is 89.5 Å². The minimum absolute atomic E-state index is 0.0500. The zero-order chi connectivity index (χ0) is 28.3. The van der Waals surface area contributed by atoms with E-state index in [0.717, 1.165) is 35.2 Å². The molecular weight excluding hydrogens is 603 g/mol. The van der Waals surface area contributed by atoms with Crippen molar-refractivity contribution in [1.29, 1.82) is 0 Å². The predicted molar refractivity (Wildman–Crippen MR) is 162 cm³/mol. The average molecular weight is 628 g/mol. The molecule has 3 aromatic heterocycles. The Kier molecular flexibility index (Phi) is 8.20. The summed E-state index contributed by atoms with van der Waals surface area (Å²) in [7, 11) is 1.66. The highest BCUT2D eigenvalue weighted by Crippen LogP contribution is 2.33. The van der Waals surface area contributed by atoms with Crippen LogP contribution in [0, 0.1) is 0 Å². The summed E-state index contributed by atoms with van der Waals surface area (Å²) in [5.41, 5.74) is 2.34. The lowest BCUT2D eigenvalue weighted by Crippen LogP contribution is -2.48. The van der Waals surface area contributed by atoms with Gasteiger partial charge in [-0.1, -0.05) is 35.0 Å². The molecule has 210 valence electrons. The highest BCUT2D eigenvalue weighted by Gasteiger charge is 2.25. The Bertz CT molecular complexity index is 1650. The zero-order valence-corrected chi connectivity index (χ0v) is 25.0. The molecule has 1 amide bonds. The van der Waals surface area contributed by atoms with Gasteiger partial charge in [0, 0.05) is 37.2 Å². The van der Waals surface area contributed by atoms with Gasteiger partial charge >= 0.3 is 0 Å². The van der Waals surface area contributed by atoms with Crippen LogP contribution >= 0.6 is 46.3 Å². The van der Waals surface area contributed by atoms with Gasteiger partial charge in [0.05, 0.1) is 34.9 Å². The maximum absolute atomic E-state index is 13.2. The van der Waals surface area contributed by atoms with Crippen LogP contribution in [0.25, 0.3) is 17.3 Å². The van der Waals surface area contributed by atoms with Crippen LogP contribution in [-0.2, 0) is 5.75 Å². The molecule has 13 heteroatoms. The molecule has 1 saturated heterocycles. The third-order valence-electron chi connectivity index (χ3n) is 6.64. The normalized spacial score (nSPS) is 13.5. The van der Waals surface area contributed by atoms with E-state index in [0.29, 0.717) is 51.3 Å². The molecule has 0 unspecified atom stereocenters. The molecule has 1 aliphatic rings. The summed E-state index contributed by atoms with van der Waals surface area (Å²) in [6.07, 6.45) is 1.59. The second-order valence-corrected chi connectivity index (χ2v) is 11.8. The molecule has 0 atom stereocenters. The maximum atomic E-state index is 13.2. The summed E-state index contributed by atoms with van der Waals surface area (Å²) in [4.78, 5) is 22.0. The third kappa shape index (κ3) is 5.94. The lowest BCUT2D eigenvalue weighted by Gasteiger charge is -2.35. The van der Waals surface area contributed by atoms with E-state index >= 15 is 0 Å². The van der Waals surface area contributed by atoms with Crippen LogP contribution in [-0.4, -0.2) is 63.8 Å². The number of hydrogen-bond acceptors (Lipinski definition) is 9. The van der Waals surface area contributed by atoms with Gasteiger partial charge in [-0.05, 0) is 54.6 Å². The summed E-state index contributed by atoms with van der Waals surface area (Å²) in [6, 6.07) is 16.9. The van der Waals surface area contributed by atoms with Crippen molar-refractivity contribution in [2.24, 2.45) is 0 Å². The second-order valence-electron chi connectivity index (χ2n) is 9.11. The molecule has 9 nitrogen and oxygen atoms in total. The Morgan fingerprint density at radius 2 is 1.80 bits per heavy atom. The van der Waals surface area contributed by atoms with E-state index in [1.54, 1.807) is 31.6 Å². The van der Waals surface area contributed by atoms with Crippen LogP contribution in [0.1, 0.15) is 15.5 Å². The number of methoxy groups -OCH3 is 1. The van der Waals surface area contributed by atoms with Crippen molar-refractivity contribution in [2.75, 3.05) is 38.2 Å². The van der Waals surface area contributed by atoms with Crippen molar-refractivity contribution >= 4 is 57.9 Å². The fourth-order valence-electron chi connectivity index (χ4n) is 4.51. The fourth-order valence-corrected chi connectivity index (χ4v) is 6.54. The Labute approximate surface area is 254 Å². The molecule has 0 bridgehead atoms. The highest BCUT2D eigenvalue weighted by molar-refractivity contribution is 7.98. The first-order valence-corrected chi connectivity index (χ1v) is 15.3. The van der Waals surface area contributed by atoms with E-state index < -0.39 is 0 Å². The van der Waals surface area contributed by atoms with E-state index in [9.17, 15) is 4.79 Å². The number of anilines is 1. The lowest BCUT2D eigenvalue weighted by molar-refractivity contribution is 0.0741. The quantitative estimate of drug-likeness (QED) is 0.179. The second kappa shape index (κ2) is 12.2. The molecule has 0 N–H and O–H groups in total. The van der Waals surface area contributed by atoms with E-state index in [1.807, 2.05) is 51.2 Å². The molecule has 5 aromatic rings. The monoisotopic (exact) mass is 626 g/mol. The molecule has 41 heavy (non-hydrogen) atoms. The number of aromatic nitrogens is 4. The van der Waals surface area contributed by atoms with Gasteiger partial charge in [0.1, 0.15) is 16.5 Å². The van der Waals surface area contributed by atoms with Crippen molar-refractivity contribution in [3.8, 4) is 23.0 Å². The first-order valence-electron chi connectivity index (χ1n) is 12.7. The minimum atomic E-state index is -0.0500. The Hall–Kier alpha value is -3.51. The van der Waals surface area contributed by atoms with E-state index in [2.05, 4.69) is 20.1 Å². The Morgan fingerprint density at radius 1 is 1.02 bits per heavy atom. The lowest BCUT2D eigenvalue weighted by atomic mass is 10.2. The standard InChI is InChI=1S/C28H24Cl2N6O3S2/c1-38-20-7-4-18(5-8-20)34-10-12-35(13-11-34)27(37)23-16-40-25(31-23)17-41-28-33-32-26(24-3-2-14-39-24)36(28)19-6-9-21(29)22(30)15-19/h2-9,14-16H,10-13,17H2,1H3. The van der Waals surface area contributed by atoms with Gasteiger partial charge in [-0.2, -0.15) is 0 Å². The average Bonchev–Trinajstić information content (AvgIpc) is 3.78. The van der Waals surface area contributed by atoms with Crippen LogP contribution in [0.4, 0.5) is 5.69 Å². The molecule has 0 radical (unpaired) electrons. The van der Waals surface area contributed by atoms with Crippen LogP contribution in [0.5, 0.6) is 5.75 Å². The third-order valence-corrected chi connectivity index (χ3v) is 9.35. The molecular formula is C28H24Cl2N6O3S2. The number of rotatable bonds is 8. The van der Waals surface area contributed by atoms with Crippen molar-refractivity contribution in [3.05, 3.63) is 87.0 Å². The first-order chi connectivity index (χ1) is 20.0. The Balaban J connectivity index is 1.12. The number of halogens is 2. The number of ether oxygens (including phenoxy) is 1. The summed E-state index contributed by atoms with van der Waals surface area (Å²) in [5.74, 6) is 2.41. The van der Waals surface area contributed by atoms with Gasteiger partial charge in [-0.25, -0.2) is 4.98 Å². The van der Waals surface area contributed by atoms with Crippen LogP contribution in [0.2, 0.25) is 10.0 Å². The number of piperazine rings is 1. The molecule has 1 aliphatic heterocycles. The van der Waals surface area contributed by atoms with Gasteiger partial charge < -0.3 is 19.0 Å². The highest BCUT2D eigenvalue weighted by atomic mass is 35.5. The number of carbonyl (C=O) groups excluding carboxylic acids is 1. The molecule has 0 spiro atoms. The summed E-state index contributed by atoms with van der Waals surface area (Å²) in [6.45, 7) is 2.78. The van der Waals surface area contributed by atoms with E-state index in [-0.39, 0.29) is 5.91 Å². The Morgan fingerprint density at radius 3 is 2.51 bits per heavy atom. The molecule has 4 heterocycles. The number of hydrogen-bond donors (Lipinski definition) is 0. The molecule has 6 rings (SSSR count).